The molecule has 2 aromatic rings. The molecule has 5 nitrogen and oxygen atoms in total. The van der Waals surface area contributed by atoms with Gasteiger partial charge in [-0.05, 0) is 24.3 Å². The average Bonchev–Trinajstić information content (AvgIpc) is 2.58. The maximum absolute atomic E-state index is 13.5. The van der Waals surface area contributed by atoms with Crippen molar-refractivity contribution >= 4 is 29.2 Å². The number of hydrogen-bond donors (Lipinski definition) is 2. The summed E-state index contributed by atoms with van der Waals surface area (Å²) < 4.78 is 18.1. The van der Waals surface area contributed by atoms with E-state index in [1.165, 1.54) is 31.4 Å². The second-order valence-electron chi connectivity index (χ2n) is 4.93. The van der Waals surface area contributed by atoms with Crippen LogP contribution in [0.15, 0.2) is 42.5 Å². The van der Waals surface area contributed by atoms with Gasteiger partial charge in [0.25, 0.3) is 0 Å². The van der Waals surface area contributed by atoms with Crippen LogP contribution in [0.1, 0.15) is 15.9 Å². The summed E-state index contributed by atoms with van der Waals surface area (Å²) in [6, 6.07) is 10.7. The first-order valence-corrected chi connectivity index (χ1v) is 7.51. The molecule has 0 saturated carbocycles. The number of halogens is 2. The standard InChI is InChI=1S/C17H16ClFN2O3/c1-24-17(23)11-6-7-13(18)15(8-11)21-16(22)10-20-9-12-4-2-3-5-14(12)19/h2-8,20H,9-10H2,1H3,(H,21,22). The van der Waals surface area contributed by atoms with E-state index >= 15 is 0 Å². The van der Waals surface area contributed by atoms with Gasteiger partial charge < -0.3 is 15.4 Å². The predicted molar refractivity (Wildman–Crippen MR) is 89.5 cm³/mol. The van der Waals surface area contributed by atoms with Crippen molar-refractivity contribution in [3.05, 3.63) is 64.4 Å². The summed E-state index contributed by atoms with van der Waals surface area (Å²) in [6.07, 6.45) is 0. The highest BCUT2D eigenvalue weighted by Crippen LogP contribution is 2.23. The van der Waals surface area contributed by atoms with E-state index in [1.54, 1.807) is 18.2 Å². The molecule has 7 heteroatoms. The van der Waals surface area contributed by atoms with E-state index in [4.69, 9.17) is 11.6 Å². The zero-order valence-corrected chi connectivity index (χ0v) is 13.7. The maximum Gasteiger partial charge on any atom is 0.337 e. The van der Waals surface area contributed by atoms with Crippen molar-refractivity contribution in [1.82, 2.24) is 5.32 Å². The molecule has 0 aliphatic heterocycles. The quantitative estimate of drug-likeness (QED) is 0.786. The van der Waals surface area contributed by atoms with Crippen LogP contribution in [-0.2, 0) is 16.1 Å². The van der Waals surface area contributed by atoms with Crippen LogP contribution >= 0.6 is 11.6 Å². The van der Waals surface area contributed by atoms with Crippen molar-refractivity contribution in [1.29, 1.82) is 0 Å². The van der Waals surface area contributed by atoms with Gasteiger partial charge in [0.1, 0.15) is 5.82 Å². The van der Waals surface area contributed by atoms with E-state index in [0.29, 0.717) is 16.3 Å². The lowest BCUT2D eigenvalue weighted by Crippen LogP contribution is -2.28. The van der Waals surface area contributed by atoms with Crippen LogP contribution in [0.5, 0.6) is 0 Å². The average molecular weight is 351 g/mol. The molecular weight excluding hydrogens is 335 g/mol. The first-order chi connectivity index (χ1) is 11.5. The number of anilines is 1. The molecule has 0 aromatic heterocycles. The molecule has 2 N–H and O–H groups in total. The highest BCUT2D eigenvalue weighted by atomic mass is 35.5. The van der Waals surface area contributed by atoms with Gasteiger partial charge in [0.2, 0.25) is 5.91 Å². The number of hydrogen-bond acceptors (Lipinski definition) is 4. The third-order valence-corrected chi connectivity index (χ3v) is 3.55. The third kappa shape index (κ3) is 4.78. The number of carbonyl (C=O) groups is 2. The van der Waals surface area contributed by atoms with Crippen molar-refractivity contribution < 1.29 is 18.7 Å². The number of benzene rings is 2. The highest BCUT2D eigenvalue weighted by Gasteiger charge is 2.11. The highest BCUT2D eigenvalue weighted by molar-refractivity contribution is 6.33. The van der Waals surface area contributed by atoms with E-state index in [2.05, 4.69) is 15.4 Å². The van der Waals surface area contributed by atoms with Crippen LogP contribution in [-0.4, -0.2) is 25.5 Å². The number of methoxy groups -OCH3 is 1. The predicted octanol–water partition coefficient (Wildman–Crippen LogP) is 2.99. The molecule has 24 heavy (non-hydrogen) atoms. The summed E-state index contributed by atoms with van der Waals surface area (Å²) in [6.45, 7) is 0.184. The summed E-state index contributed by atoms with van der Waals surface area (Å²) in [5.41, 5.74) is 1.05. The van der Waals surface area contributed by atoms with Crippen molar-refractivity contribution in [3.63, 3.8) is 0 Å². The molecule has 0 fully saturated rings. The molecule has 0 spiro atoms. The van der Waals surface area contributed by atoms with Crippen LogP contribution in [0.25, 0.3) is 0 Å². The van der Waals surface area contributed by atoms with Crippen molar-refractivity contribution in [3.8, 4) is 0 Å². The summed E-state index contributed by atoms with van der Waals surface area (Å²) in [5, 5.41) is 5.74. The van der Waals surface area contributed by atoms with E-state index in [-0.39, 0.29) is 30.4 Å². The van der Waals surface area contributed by atoms with Crippen molar-refractivity contribution in [2.45, 2.75) is 6.54 Å². The minimum absolute atomic E-state index is 0.0346. The second-order valence-corrected chi connectivity index (χ2v) is 5.34. The zero-order valence-electron chi connectivity index (χ0n) is 12.9. The van der Waals surface area contributed by atoms with Gasteiger partial charge in [0.05, 0.1) is 29.9 Å². The Morgan fingerprint density at radius 3 is 2.67 bits per heavy atom. The first kappa shape index (κ1) is 17.9. The SMILES string of the molecule is COC(=O)c1ccc(Cl)c(NC(=O)CNCc2ccccc2F)c1. The van der Waals surface area contributed by atoms with Crippen LogP contribution < -0.4 is 10.6 Å². The smallest absolute Gasteiger partial charge is 0.337 e. The topological polar surface area (TPSA) is 67.4 Å². The molecule has 0 heterocycles. The summed E-state index contributed by atoms with van der Waals surface area (Å²) >= 11 is 6.00. The zero-order chi connectivity index (χ0) is 17.5. The number of carbonyl (C=O) groups excluding carboxylic acids is 2. The minimum Gasteiger partial charge on any atom is -0.465 e. The van der Waals surface area contributed by atoms with Gasteiger partial charge in [-0.15, -0.1) is 0 Å². The Morgan fingerprint density at radius 1 is 1.21 bits per heavy atom. The van der Waals surface area contributed by atoms with Gasteiger partial charge in [-0.25, -0.2) is 9.18 Å². The van der Waals surface area contributed by atoms with Gasteiger partial charge in [-0.1, -0.05) is 29.8 Å². The van der Waals surface area contributed by atoms with E-state index in [9.17, 15) is 14.0 Å². The van der Waals surface area contributed by atoms with Gasteiger partial charge >= 0.3 is 5.97 Å². The Hall–Kier alpha value is -2.44. The van der Waals surface area contributed by atoms with Crippen LogP contribution in [0.2, 0.25) is 5.02 Å². The lowest BCUT2D eigenvalue weighted by Gasteiger charge is -2.10. The van der Waals surface area contributed by atoms with Crippen molar-refractivity contribution in [2.24, 2.45) is 0 Å². The van der Waals surface area contributed by atoms with Gasteiger partial charge in [0.15, 0.2) is 0 Å². The second kappa shape index (κ2) is 8.42. The summed E-state index contributed by atoms with van der Waals surface area (Å²) in [4.78, 5) is 23.4. The Kier molecular flexibility index (Phi) is 6.28. The molecule has 0 bridgehead atoms. The summed E-state index contributed by atoms with van der Waals surface area (Å²) in [7, 11) is 1.27. The van der Waals surface area contributed by atoms with Crippen LogP contribution in [0.3, 0.4) is 0 Å². The van der Waals surface area contributed by atoms with Gasteiger partial charge in [-0.3, -0.25) is 4.79 Å². The van der Waals surface area contributed by atoms with Gasteiger partial charge in [0, 0.05) is 12.1 Å². The van der Waals surface area contributed by atoms with E-state index in [1.807, 2.05) is 0 Å². The lowest BCUT2D eigenvalue weighted by molar-refractivity contribution is -0.115. The normalized spacial score (nSPS) is 10.3. The molecule has 0 radical (unpaired) electrons. The number of amides is 1. The summed E-state index contributed by atoms with van der Waals surface area (Å²) in [5.74, 6) is -1.23. The Labute approximate surface area is 143 Å². The fourth-order valence-electron chi connectivity index (χ4n) is 2.01. The van der Waals surface area contributed by atoms with Crippen molar-refractivity contribution in [2.75, 3.05) is 19.0 Å². The third-order valence-electron chi connectivity index (χ3n) is 3.22. The van der Waals surface area contributed by atoms with E-state index < -0.39 is 5.97 Å². The molecular formula is C17H16ClFN2O3. The maximum atomic E-state index is 13.5. The molecule has 2 aromatic carbocycles. The monoisotopic (exact) mass is 350 g/mol. The Morgan fingerprint density at radius 2 is 1.96 bits per heavy atom. The number of ether oxygens (including phenoxy) is 1. The fraction of sp³-hybridized carbons (Fsp3) is 0.176. The minimum atomic E-state index is -0.528. The molecule has 2 rings (SSSR count). The largest absolute Gasteiger partial charge is 0.465 e. The first-order valence-electron chi connectivity index (χ1n) is 7.13. The lowest BCUT2D eigenvalue weighted by atomic mass is 10.2. The molecule has 0 atom stereocenters. The van der Waals surface area contributed by atoms with E-state index in [0.717, 1.165) is 0 Å². The molecule has 0 saturated heterocycles. The number of rotatable bonds is 6. The number of esters is 1. The fourth-order valence-corrected chi connectivity index (χ4v) is 2.18. The Balaban J connectivity index is 1.92. The molecule has 1 amide bonds. The molecule has 0 aliphatic rings. The molecule has 0 unspecified atom stereocenters. The van der Waals surface area contributed by atoms with Crippen LogP contribution in [0, 0.1) is 5.82 Å². The van der Waals surface area contributed by atoms with Crippen LogP contribution in [0.4, 0.5) is 10.1 Å². The Bertz CT molecular complexity index is 752. The molecule has 0 aliphatic carbocycles. The molecule has 126 valence electrons. The number of nitrogens with one attached hydrogen (secondary N) is 2. The van der Waals surface area contributed by atoms with Gasteiger partial charge in [-0.2, -0.15) is 0 Å².